The van der Waals surface area contributed by atoms with Crippen LogP contribution in [0, 0.1) is 5.82 Å². The zero-order valence-electron chi connectivity index (χ0n) is 13.7. The monoisotopic (exact) mass is 311 g/mol. The van der Waals surface area contributed by atoms with Crippen LogP contribution < -0.4 is 11.5 Å². The molecule has 2 aromatic rings. The normalized spacial score (nSPS) is 13.2. The van der Waals surface area contributed by atoms with Crippen LogP contribution in [-0.2, 0) is 0 Å². The maximum absolute atomic E-state index is 13.2. The second-order valence-electron chi connectivity index (χ2n) is 6.34. The average Bonchev–Trinajstić information content (AvgIpc) is 2.48. The zero-order chi connectivity index (χ0) is 17.0. The summed E-state index contributed by atoms with van der Waals surface area (Å²) >= 11 is 0. The Labute approximate surface area is 136 Å². The minimum atomic E-state index is -0.300. The van der Waals surface area contributed by atoms with Crippen LogP contribution in [0.15, 0.2) is 59.7 Å². The van der Waals surface area contributed by atoms with E-state index in [1.54, 1.807) is 12.1 Å². The van der Waals surface area contributed by atoms with Crippen molar-refractivity contribution in [2.45, 2.75) is 26.3 Å². The Balaban J connectivity index is 2.58. The number of aliphatic imine (C=N–C) groups is 1. The maximum atomic E-state index is 13.2. The largest absolute Gasteiger partial charge is 0.404 e. The number of allylic oxidation sites excluding steroid dienone is 1. The van der Waals surface area contributed by atoms with Gasteiger partial charge in [-0.25, -0.2) is 4.39 Å². The first kappa shape index (κ1) is 16.7. The lowest BCUT2D eigenvalue weighted by molar-refractivity contribution is 0.585. The highest BCUT2D eigenvalue weighted by atomic mass is 19.1. The van der Waals surface area contributed by atoms with E-state index in [4.69, 9.17) is 16.5 Å². The Morgan fingerprint density at radius 3 is 1.96 bits per heavy atom. The molecule has 0 aromatic heterocycles. The minimum Gasteiger partial charge on any atom is -0.404 e. The maximum Gasteiger partial charge on any atom is 0.123 e. The van der Waals surface area contributed by atoms with Crippen molar-refractivity contribution in [2.24, 2.45) is 10.7 Å². The molecule has 4 N–H and O–H groups in total. The molecule has 0 heterocycles. The topological polar surface area (TPSA) is 64.4 Å². The lowest BCUT2D eigenvalue weighted by Crippen LogP contribution is -2.17. The highest BCUT2D eigenvalue weighted by molar-refractivity contribution is 6.31. The van der Waals surface area contributed by atoms with Gasteiger partial charge in [0.15, 0.2) is 0 Å². The second-order valence-corrected chi connectivity index (χ2v) is 6.34. The van der Waals surface area contributed by atoms with Gasteiger partial charge >= 0.3 is 0 Å². The molecule has 0 aliphatic carbocycles. The first-order chi connectivity index (χ1) is 10.8. The molecule has 3 nitrogen and oxygen atoms in total. The van der Waals surface area contributed by atoms with E-state index in [0.717, 1.165) is 22.4 Å². The molecular weight excluding hydrogens is 289 g/mol. The van der Waals surface area contributed by atoms with Gasteiger partial charge in [0, 0.05) is 23.0 Å². The smallest absolute Gasteiger partial charge is 0.123 e. The van der Waals surface area contributed by atoms with Gasteiger partial charge < -0.3 is 11.5 Å². The molecule has 0 saturated heterocycles. The van der Waals surface area contributed by atoms with Gasteiger partial charge in [0.25, 0.3) is 0 Å². The SMILES string of the molecule is CC(C)(C)N=C(C(=CN)c1ccc(N)cc1)c1ccc(F)cc1. The van der Waals surface area contributed by atoms with Crippen molar-refractivity contribution in [3.05, 3.63) is 71.7 Å². The van der Waals surface area contributed by atoms with Gasteiger partial charge in [0.2, 0.25) is 0 Å². The van der Waals surface area contributed by atoms with Crippen LogP contribution in [0.5, 0.6) is 0 Å². The summed E-state index contributed by atoms with van der Waals surface area (Å²) in [5, 5.41) is 0. The van der Waals surface area contributed by atoms with E-state index < -0.39 is 0 Å². The van der Waals surface area contributed by atoms with Crippen molar-refractivity contribution in [1.29, 1.82) is 0 Å². The Morgan fingerprint density at radius 1 is 0.957 bits per heavy atom. The van der Waals surface area contributed by atoms with E-state index in [0.29, 0.717) is 5.69 Å². The number of hydrogen-bond acceptors (Lipinski definition) is 3. The second kappa shape index (κ2) is 6.65. The van der Waals surface area contributed by atoms with Crippen molar-refractivity contribution in [3.63, 3.8) is 0 Å². The fourth-order valence-corrected chi connectivity index (χ4v) is 2.20. The zero-order valence-corrected chi connectivity index (χ0v) is 13.7. The molecule has 0 fully saturated rings. The number of rotatable bonds is 3. The van der Waals surface area contributed by atoms with E-state index in [1.807, 2.05) is 45.0 Å². The molecule has 23 heavy (non-hydrogen) atoms. The molecule has 0 radical (unpaired) electrons. The Hall–Kier alpha value is -2.62. The van der Waals surface area contributed by atoms with Gasteiger partial charge in [-0.15, -0.1) is 0 Å². The standard InChI is InChI=1S/C19H22FN3/c1-19(2,3)23-18(14-4-8-15(20)9-5-14)17(12-21)13-6-10-16(22)11-7-13/h4-12H,21-22H2,1-3H3. The van der Waals surface area contributed by atoms with Crippen molar-refractivity contribution in [2.75, 3.05) is 5.73 Å². The summed E-state index contributed by atoms with van der Waals surface area (Å²) < 4.78 is 13.2. The van der Waals surface area contributed by atoms with Crippen LogP contribution in [0.3, 0.4) is 0 Å². The molecule has 0 saturated carbocycles. The quantitative estimate of drug-likeness (QED) is 0.665. The summed E-state index contributed by atoms with van der Waals surface area (Å²) in [5.41, 5.74) is 15.3. The van der Waals surface area contributed by atoms with Crippen LogP contribution >= 0.6 is 0 Å². The minimum absolute atomic E-state index is 0.283. The van der Waals surface area contributed by atoms with Crippen molar-refractivity contribution < 1.29 is 4.39 Å². The van der Waals surface area contributed by atoms with E-state index >= 15 is 0 Å². The van der Waals surface area contributed by atoms with E-state index in [-0.39, 0.29) is 11.4 Å². The van der Waals surface area contributed by atoms with Crippen molar-refractivity contribution in [1.82, 2.24) is 0 Å². The average molecular weight is 311 g/mol. The third-order valence-electron chi connectivity index (χ3n) is 3.21. The molecule has 0 aliphatic rings. The summed E-state index contributed by atoms with van der Waals surface area (Å²) in [4.78, 5) is 4.79. The number of benzene rings is 2. The predicted molar refractivity (Wildman–Crippen MR) is 95.7 cm³/mol. The third kappa shape index (κ3) is 4.42. The molecule has 120 valence electrons. The van der Waals surface area contributed by atoms with Crippen molar-refractivity contribution >= 4 is 17.0 Å². The van der Waals surface area contributed by atoms with Gasteiger partial charge in [0.1, 0.15) is 5.82 Å². The number of halogens is 1. The summed E-state index contributed by atoms with van der Waals surface area (Å²) in [6, 6.07) is 13.7. The van der Waals surface area contributed by atoms with E-state index in [1.165, 1.54) is 18.3 Å². The summed E-state index contributed by atoms with van der Waals surface area (Å²) in [6.45, 7) is 6.02. The number of hydrogen-bond donors (Lipinski definition) is 2. The number of nitrogens with two attached hydrogens (primary N) is 2. The Kier molecular flexibility index (Phi) is 4.84. The molecule has 2 rings (SSSR count). The molecule has 0 bridgehead atoms. The lowest BCUT2D eigenvalue weighted by Gasteiger charge is -2.19. The number of nitrogen functional groups attached to an aromatic ring is 1. The van der Waals surface area contributed by atoms with Crippen LogP contribution in [0.1, 0.15) is 31.9 Å². The van der Waals surface area contributed by atoms with E-state index in [9.17, 15) is 4.39 Å². The fraction of sp³-hybridized carbons (Fsp3) is 0.211. The first-order valence-electron chi connectivity index (χ1n) is 7.44. The lowest BCUT2D eigenvalue weighted by atomic mass is 9.95. The Bertz CT molecular complexity index is 721. The van der Waals surface area contributed by atoms with Crippen LogP contribution in [0.2, 0.25) is 0 Å². The molecule has 0 amide bonds. The molecule has 0 spiro atoms. The van der Waals surface area contributed by atoms with Gasteiger partial charge in [-0.3, -0.25) is 4.99 Å². The van der Waals surface area contributed by atoms with Gasteiger partial charge in [-0.2, -0.15) is 0 Å². The Morgan fingerprint density at radius 2 is 1.48 bits per heavy atom. The number of anilines is 1. The van der Waals surface area contributed by atoms with Crippen LogP contribution in [0.4, 0.5) is 10.1 Å². The number of nitrogens with zero attached hydrogens (tertiary/aromatic N) is 1. The summed E-state index contributed by atoms with van der Waals surface area (Å²) in [6.07, 6.45) is 1.53. The molecular formula is C19H22FN3. The summed E-state index contributed by atoms with van der Waals surface area (Å²) in [5.74, 6) is -0.283. The van der Waals surface area contributed by atoms with E-state index in [2.05, 4.69) is 0 Å². The molecule has 0 atom stereocenters. The van der Waals surface area contributed by atoms with Crippen LogP contribution in [-0.4, -0.2) is 11.3 Å². The highest BCUT2D eigenvalue weighted by Crippen LogP contribution is 2.24. The van der Waals surface area contributed by atoms with Gasteiger partial charge in [-0.05, 0) is 62.7 Å². The van der Waals surface area contributed by atoms with Gasteiger partial charge in [-0.1, -0.05) is 12.1 Å². The third-order valence-corrected chi connectivity index (χ3v) is 3.21. The fourth-order valence-electron chi connectivity index (χ4n) is 2.20. The first-order valence-corrected chi connectivity index (χ1v) is 7.44. The molecule has 2 aromatic carbocycles. The van der Waals surface area contributed by atoms with Gasteiger partial charge in [0.05, 0.1) is 11.3 Å². The highest BCUT2D eigenvalue weighted by Gasteiger charge is 2.17. The molecule has 0 unspecified atom stereocenters. The molecule has 4 heteroatoms. The van der Waals surface area contributed by atoms with Crippen LogP contribution in [0.25, 0.3) is 5.57 Å². The summed E-state index contributed by atoms with van der Waals surface area (Å²) in [7, 11) is 0. The predicted octanol–water partition coefficient (Wildman–Crippen LogP) is 4.00. The molecule has 0 aliphatic heterocycles. The van der Waals surface area contributed by atoms with Crippen molar-refractivity contribution in [3.8, 4) is 0 Å².